The lowest BCUT2D eigenvalue weighted by atomic mass is 10.0. The smallest absolute Gasteiger partial charge is 0.333 e. The van der Waals surface area contributed by atoms with Crippen LogP contribution in [-0.4, -0.2) is 42.8 Å². The van der Waals surface area contributed by atoms with Gasteiger partial charge < -0.3 is 24.6 Å². The summed E-state index contributed by atoms with van der Waals surface area (Å²) in [5, 5.41) is 13.3. The van der Waals surface area contributed by atoms with Crippen LogP contribution in [0.1, 0.15) is 36.3 Å². The Kier molecular flexibility index (Phi) is 7.65. The SMILES string of the molecule is COc1ccc(CN2CC(C(=O)O)=C(c3cccc(OCCC4=C(C)OC(c5ccccc5)N4)c3)C2)cc1. The molecule has 0 bridgehead atoms. The number of carboxylic acid groups (broad SMARTS) is 1. The Balaban J connectivity index is 1.20. The van der Waals surface area contributed by atoms with Crippen molar-refractivity contribution in [2.75, 3.05) is 26.8 Å². The van der Waals surface area contributed by atoms with Crippen molar-refractivity contribution in [1.29, 1.82) is 0 Å². The van der Waals surface area contributed by atoms with Crippen molar-refractivity contribution in [2.45, 2.75) is 26.1 Å². The van der Waals surface area contributed by atoms with Gasteiger partial charge in [0, 0.05) is 31.6 Å². The largest absolute Gasteiger partial charge is 0.497 e. The average molecular weight is 513 g/mol. The molecule has 7 nitrogen and oxygen atoms in total. The normalized spacial score (nSPS) is 17.4. The van der Waals surface area contributed by atoms with Gasteiger partial charge >= 0.3 is 5.97 Å². The van der Waals surface area contributed by atoms with E-state index in [1.54, 1.807) is 7.11 Å². The van der Waals surface area contributed by atoms with Crippen molar-refractivity contribution in [1.82, 2.24) is 10.2 Å². The van der Waals surface area contributed by atoms with Crippen molar-refractivity contribution < 1.29 is 24.1 Å². The van der Waals surface area contributed by atoms with Gasteiger partial charge in [-0.3, -0.25) is 4.90 Å². The number of ether oxygens (including phenoxy) is 3. The number of rotatable bonds is 10. The molecule has 0 saturated heterocycles. The number of nitrogens with zero attached hydrogens (tertiary/aromatic N) is 1. The van der Waals surface area contributed by atoms with Crippen molar-refractivity contribution in [3.05, 3.63) is 113 Å². The molecule has 7 heteroatoms. The zero-order chi connectivity index (χ0) is 26.5. The highest BCUT2D eigenvalue weighted by atomic mass is 16.5. The molecule has 3 aromatic carbocycles. The predicted molar refractivity (Wildman–Crippen MR) is 145 cm³/mol. The second-order valence-corrected chi connectivity index (χ2v) is 9.47. The molecule has 1 unspecified atom stereocenters. The fourth-order valence-corrected chi connectivity index (χ4v) is 4.87. The van der Waals surface area contributed by atoms with E-state index in [0.29, 0.717) is 44.0 Å². The van der Waals surface area contributed by atoms with Crippen LogP contribution in [0.5, 0.6) is 11.5 Å². The van der Waals surface area contributed by atoms with Gasteiger partial charge in [0.2, 0.25) is 0 Å². The molecule has 38 heavy (non-hydrogen) atoms. The number of nitrogens with one attached hydrogen (secondary N) is 1. The first kappa shape index (κ1) is 25.4. The summed E-state index contributed by atoms with van der Waals surface area (Å²) in [4.78, 5) is 14.2. The van der Waals surface area contributed by atoms with Crippen molar-refractivity contribution >= 4 is 11.5 Å². The maximum atomic E-state index is 12.1. The van der Waals surface area contributed by atoms with Crippen LogP contribution in [0.3, 0.4) is 0 Å². The van der Waals surface area contributed by atoms with E-state index in [2.05, 4.69) is 10.2 Å². The highest BCUT2D eigenvalue weighted by Gasteiger charge is 2.28. The maximum Gasteiger partial charge on any atom is 0.333 e. The Morgan fingerprint density at radius 3 is 2.55 bits per heavy atom. The molecule has 2 N–H and O–H groups in total. The van der Waals surface area contributed by atoms with Gasteiger partial charge in [-0.1, -0.05) is 54.6 Å². The molecule has 0 spiro atoms. The lowest BCUT2D eigenvalue weighted by Gasteiger charge is -2.16. The molecule has 3 aromatic rings. The van der Waals surface area contributed by atoms with Crippen LogP contribution < -0.4 is 14.8 Å². The fourth-order valence-electron chi connectivity index (χ4n) is 4.87. The second kappa shape index (κ2) is 11.4. The van der Waals surface area contributed by atoms with Crippen molar-refractivity contribution in [3.63, 3.8) is 0 Å². The number of hydrogen-bond acceptors (Lipinski definition) is 6. The summed E-state index contributed by atoms with van der Waals surface area (Å²) in [6, 6.07) is 25.6. The van der Waals surface area contributed by atoms with Crippen LogP contribution in [0.4, 0.5) is 0 Å². The Hall–Kier alpha value is -4.23. The highest BCUT2D eigenvalue weighted by molar-refractivity contribution is 5.98. The summed E-state index contributed by atoms with van der Waals surface area (Å²) in [6.45, 7) is 4.05. The van der Waals surface area contributed by atoms with Gasteiger partial charge in [0.25, 0.3) is 0 Å². The number of aliphatic carboxylic acids is 1. The van der Waals surface area contributed by atoms with Crippen molar-refractivity contribution in [2.24, 2.45) is 0 Å². The number of carbonyl (C=O) groups is 1. The summed E-state index contributed by atoms with van der Waals surface area (Å²) in [6.07, 6.45) is 0.497. The van der Waals surface area contributed by atoms with E-state index >= 15 is 0 Å². The molecule has 0 radical (unpaired) electrons. The van der Waals surface area contributed by atoms with Crippen LogP contribution in [0.25, 0.3) is 5.57 Å². The third kappa shape index (κ3) is 5.84. The first-order chi connectivity index (χ1) is 18.5. The second-order valence-electron chi connectivity index (χ2n) is 9.47. The fraction of sp³-hybridized carbons (Fsp3) is 0.258. The number of carboxylic acids is 1. The van der Waals surface area contributed by atoms with Gasteiger partial charge in [0.15, 0.2) is 6.23 Å². The number of allylic oxidation sites excluding steroid dienone is 1. The first-order valence-electron chi connectivity index (χ1n) is 12.7. The predicted octanol–water partition coefficient (Wildman–Crippen LogP) is 5.37. The molecule has 1 atom stereocenters. The standard InChI is InChI=1S/C31H32N2O5/c1-21-29(32-30(38-21)23-7-4-3-5-8-23)15-16-37-26-10-6-9-24(17-26)27-19-33(20-28(27)31(34)35)18-22-11-13-25(36-2)14-12-22/h3-14,17,30,32H,15-16,18-20H2,1-2H3,(H,34,35). The Morgan fingerprint density at radius 2 is 1.82 bits per heavy atom. The number of benzene rings is 3. The van der Waals surface area contributed by atoms with Gasteiger partial charge in [-0.25, -0.2) is 4.79 Å². The highest BCUT2D eigenvalue weighted by Crippen LogP contribution is 2.31. The lowest BCUT2D eigenvalue weighted by molar-refractivity contribution is -0.132. The minimum atomic E-state index is -0.883. The zero-order valence-electron chi connectivity index (χ0n) is 21.6. The quantitative estimate of drug-likeness (QED) is 0.378. The van der Waals surface area contributed by atoms with E-state index in [1.165, 1.54) is 0 Å². The van der Waals surface area contributed by atoms with Gasteiger partial charge in [-0.05, 0) is 47.9 Å². The van der Waals surface area contributed by atoms with E-state index in [9.17, 15) is 9.90 Å². The third-order valence-corrected chi connectivity index (χ3v) is 6.88. The van der Waals surface area contributed by atoms with E-state index in [-0.39, 0.29) is 6.23 Å². The summed E-state index contributed by atoms with van der Waals surface area (Å²) in [5.74, 6) is 1.50. The molecule has 0 aromatic heterocycles. The van der Waals surface area contributed by atoms with E-state index < -0.39 is 5.97 Å². The molecule has 0 fully saturated rings. The third-order valence-electron chi connectivity index (χ3n) is 6.88. The van der Waals surface area contributed by atoms with Crippen LogP contribution >= 0.6 is 0 Å². The van der Waals surface area contributed by atoms with Gasteiger partial charge in [0.1, 0.15) is 17.3 Å². The molecule has 2 heterocycles. The monoisotopic (exact) mass is 512 g/mol. The van der Waals surface area contributed by atoms with Gasteiger partial charge in [-0.2, -0.15) is 0 Å². The number of hydrogen-bond donors (Lipinski definition) is 2. The molecule has 2 aliphatic rings. The molecule has 2 aliphatic heterocycles. The molecular weight excluding hydrogens is 480 g/mol. The molecular formula is C31H32N2O5. The summed E-state index contributed by atoms with van der Waals surface area (Å²) >= 11 is 0. The Morgan fingerprint density at radius 1 is 1.03 bits per heavy atom. The van der Waals surface area contributed by atoms with Gasteiger partial charge in [0.05, 0.1) is 25.0 Å². The Bertz CT molecular complexity index is 1350. The summed E-state index contributed by atoms with van der Waals surface area (Å²) in [5.41, 5.74) is 5.34. The van der Waals surface area contributed by atoms with Crippen molar-refractivity contribution in [3.8, 4) is 11.5 Å². The maximum absolute atomic E-state index is 12.1. The van der Waals surface area contributed by atoms with Crippen LogP contribution in [-0.2, 0) is 16.1 Å². The summed E-state index contributed by atoms with van der Waals surface area (Å²) in [7, 11) is 1.64. The minimum absolute atomic E-state index is 0.181. The Labute approximate surface area is 223 Å². The van der Waals surface area contributed by atoms with Gasteiger partial charge in [-0.15, -0.1) is 0 Å². The molecule has 196 valence electrons. The van der Waals surface area contributed by atoms with E-state index in [0.717, 1.165) is 39.5 Å². The minimum Gasteiger partial charge on any atom is -0.497 e. The average Bonchev–Trinajstić information content (AvgIpc) is 3.53. The van der Waals surface area contributed by atoms with E-state index in [1.807, 2.05) is 85.8 Å². The first-order valence-corrected chi connectivity index (χ1v) is 12.7. The summed E-state index contributed by atoms with van der Waals surface area (Å²) < 4.78 is 17.3. The topological polar surface area (TPSA) is 80.3 Å². The van der Waals surface area contributed by atoms with Crippen LogP contribution in [0.15, 0.2) is 95.9 Å². The molecule has 5 rings (SSSR count). The lowest BCUT2D eigenvalue weighted by Crippen LogP contribution is -2.22. The molecule has 0 saturated carbocycles. The van der Waals surface area contributed by atoms with Crippen LogP contribution in [0, 0.1) is 0 Å². The number of methoxy groups -OCH3 is 1. The molecule has 0 aliphatic carbocycles. The van der Waals surface area contributed by atoms with Crippen LogP contribution in [0.2, 0.25) is 0 Å². The van der Waals surface area contributed by atoms with E-state index in [4.69, 9.17) is 14.2 Å². The molecule has 0 amide bonds. The zero-order valence-corrected chi connectivity index (χ0v) is 21.6.